The van der Waals surface area contributed by atoms with E-state index in [4.69, 9.17) is 0 Å². The molecule has 0 fully saturated rings. The molecule has 0 N–H and O–H groups in total. The molecule has 1 aliphatic rings. The van der Waals surface area contributed by atoms with Crippen molar-refractivity contribution in [3.8, 4) is 33.4 Å². The van der Waals surface area contributed by atoms with E-state index in [1.54, 1.807) is 0 Å². The molecule has 1 atom stereocenters. The van der Waals surface area contributed by atoms with Crippen LogP contribution in [0, 0.1) is 0 Å². The van der Waals surface area contributed by atoms with Crippen molar-refractivity contribution in [3.05, 3.63) is 181 Å². The van der Waals surface area contributed by atoms with E-state index in [2.05, 4.69) is 211 Å². The zero-order valence-electron chi connectivity index (χ0n) is 50.9. The van der Waals surface area contributed by atoms with E-state index in [1.807, 2.05) is 111 Å². The van der Waals surface area contributed by atoms with Crippen molar-refractivity contribution in [3.63, 3.8) is 0 Å². The van der Waals surface area contributed by atoms with Crippen molar-refractivity contribution in [1.82, 2.24) is 13.7 Å². The molecule has 1 aliphatic carbocycles. The third-order valence-corrected chi connectivity index (χ3v) is 13.4. The van der Waals surface area contributed by atoms with Gasteiger partial charge in [0.25, 0.3) is 0 Å². The van der Waals surface area contributed by atoms with Crippen molar-refractivity contribution in [2.75, 3.05) is 0 Å². The molecule has 76 heavy (non-hydrogen) atoms. The third kappa shape index (κ3) is 12.5. The number of hydrogen-bond acceptors (Lipinski definition) is 0. The van der Waals surface area contributed by atoms with Crippen molar-refractivity contribution in [2.45, 2.75) is 170 Å². The van der Waals surface area contributed by atoms with Crippen LogP contribution in [0.25, 0.3) is 98.8 Å². The minimum absolute atomic E-state index is 0.523. The van der Waals surface area contributed by atoms with E-state index in [0.29, 0.717) is 5.92 Å². The van der Waals surface area contributed by atoms with Crippen molar-refractivity contribution in [1.29, 1.82) is 0 Å². The molecule has 3 heterocycles. The van der Waals surface area contributed by atoms with E-state index < -0.39 is 0 Å². The monoisotopic (exact) mass is 1020 g/mol. The summed E-state index contributed by atoms with van der Waals surface area (Å²) in [5.74, 6) is 0.523. The molecule has 11 aromatic rings. The van der Waals surface area contributed by atoms with Gasteiger partial charge in [-0.3, -0.25) is 0 Å². The summed E-state index contributed by atoms with van der Waals surface area (Å²) < 4.78 is 7.23. The lowest BCUT2D eigenvalue weighted by Crippen LogP contribution is -1.94. The standard InChI is InChI=1S/C29H25N.C28H24N2.8C2H6/c1-3-21-22-9-5-6-10-23(22)26-17-19(13-15-24(21)26)20-14-16-29-27(18-20)25-11-7-8-12-28(25)30(29)4-2;1-3-29-25-11-7-5-9-21(25)23-17-19(13-15-27(23)29)20-14-16-28-24(18-20)22-10-6-8-12-26(22)30(28)4-2;8*1-2/h5-18,21H,3-4H2,1-2H3;5-18H,3-4H2,1-2H3;8*1-2H3. The predicted octanol–water partition coefficient (Wildman–Crippen LogP) is 23.8. The average Bonchev–Trinajstić information content (AvgIpc) is 4.25. The predicted molar refractivity (Wildman–Crippen MR) is 348 cm³/mol. The third-order valence-electron chi connectivity index (χ3n) is 13.4. The Bertz CT molecular complexity index is 3320. The lowest BCUT2D eigenvalue weighted by Gasteiger charge is -2.11. The van der Waals surface area contributed by atoms with Crippen LogP contribution in [0.1, 0.15) is 162 Å². The molecule has 0 saturated heterocycles. The lowest BCUT2D eigenvalue weighted by molar-refractivity contribution is 0.797. The van der Waals surface area contributed by atoms with E-state index >= 15 is 0 Å². The second-order valence-corrected chi connectivity index (χ2v) is 16.3. The van der Waals surface area contributed by atoms with E-state index in [1.165, 1.54) is 110 Å². The van der Waals surface area contributed by atoms with Gasteiger partial charge in [-0.15, -0.1) is 0 Å². The maximum atomic E-state index is 2.42. The van der Waals surface area contributed by atoms with Gasteiger partial charge in [-0.05, 0) is 132 Å². The van der Waals surface area contributed by atoms with E-state index in [0.717, 1.165) is 26.1 Å². The van der Waals surface area contributed by atoms with Gasteiger partial charge in [0.15, 0.2) is 0 Å². The highest BCUT2D eigenvalue weighted by molar-refractivity contribution is 6.12. The van der Waals surface area contributed by atoms with Gasteiger partial charge in [0.1, 0.15) is 0 Å². The van der Waals surface area contributed by atoms with Crippen molar-refractivity contribution >= 4 is 65.4 Å². The van der Waals surface area contributed by atoms with Gasteiger partial charge in [0.2, 0.25) is 0 Å². The minimum Gasteiger partial charge on any atom is -0.341 e. The number of para-hydroxylation sites is 3. The number of nitrogens with zero attached hydrogens (tertiary/aromatic N) is 3. The molecule has 0 amide bonds. The van der Waals surface area contributed by atoms with Crippen LogP contribution < -0.4 is 0 Å². The summed E-state index contributed by atoms with van der Waals surface area (Å²) in [5, 5.41) is 8.02. The largest absolute Gasteiger partial charge is 0.341 e. The van der Waals surface area contributed by atoms with Gasteiger partial charge in [0, 0.05) is 91.0 Å². The van der Waals surface area contributed by atoms with Gasteiger partial charge in [0.05, 0.1) is 0 Å². The fourth-order valence-corrected chi connectivity index (χ4v) is 10.6. The molecule has 3 nitrogen and oxygen atoms in total. The van der Waals surface area contributed by atoms with Crippen LogP contribution in [0.15, 0.2) is 170 Å². The first-order valence-corrected chi connectivity index (χ1v) is 29.9. The maximum Gasteiger partial charge on any atom is 0.0491 e. The SMILES string of the molecule is CC.CC.CC.CC.CC.CC.CC.CC.CCC1c2ccccc2-c2cc(-c3ccc4c(c3)c3ccccc3n4CC)ccc21.CCn1c2ccccc2c2cc(-c3ccc4c(c3)c3ccccc3n4CC)ccc21. The molecule has 8 aromatic carbocycles. The molecule has 3 heteroatoms. The quantitative estimate of drug-likeness (QED) is 0.158. The van der Waals surface area contributed by atoms with E-state index in [9.17, 15) is 0 Å². The van der Waals surface area contributed by atoms with Crippen molar-refractivity contribution in [2.24, 2.45) is 0 Å². The normalized spacial score (nSPS) is 11.2. The number of aromatic nitrogens is 3. The number of benzene rings is 8. The van der Waals surface area contributed by atoms with Gasteiger partial charge in [-0.25, -0.2) is 0 Å². The lowest BCUT2D eigenvalue weighted by atomic mass is 9.93. The topological polar surface area (TPSA) is 14.8 Å². The number of fused-ring (bicyclic) bond motifs is 12. The van der Waals surface area contributed by atoms with Gasteiger partial charge in [-0.2, -0.15) is 0 Å². The number of hydrogen-bond donors (Lipinski definition) is 0. The molecular weight excluding hydrogens is 919 g/mol. The molecule has 0 aliphatic heterocycles. The summed E-state index contributed by atoms with van der Waals surface area (Å²) in [6.07, 6.45) is 1.14. The van der Waals surface area contributed by atoms with Crippen LogP contribution in [0.3, 0.4) is 0 Å². The van der Waals surface area contributed by atoms with E-state index in [-0.39, 0.29) is 0 Å². The number of aryl methyl sites for hydroxylation is 3. The zero-order chi connectivity index (χ0) is 56.5. The first-order valence-electron chi connectivity index (χ1n) is 29.9. The van der Waals surface area contributed by atoms with Crippen LogP contribution in [0.4, 0.5) is 0 Å². The summed E-state index contributed by atoms with van der Waals surface area (Å²) >= 11 is 0. The Balaban J connectivity index is 0.000000318. The second-order valence-electron chi connectivity index (χ2n) is 16.3. The highest BCUT2D eigenvalue weighted by atomic mass is 15.0. The first kappa shape index (κ1) is 63.5. The Hall–Kier alpha value is -6.84. The molecule has 0 spiro atoms. The molecule has 0 saturated carbocycles. The highest BCUT2D eigenvalue weighted by Gasteiger charge is 2.27. The first-order chi connectivity index (χ1) is 37.6. The summed E-state index contributed by atoms with van der Waals surface area (Å²) in [5.41, 5.74) is 18.8. The Labute approximate surface area is 461 Å². The molecule has 0 bridgehead atoms. The van der Waals surface area contributed by atoms with Crippen molar-refractivity contribution < 1.29 is 0 Å². The fourth-order valence-electron chi connectivity index (χ4n) is 10.6. The van der Waals surface area contributed by atoms with Crippen LogP contribution >= 0.6 is 0 Å². The van der Waals surface area contributed by atoms with Crippen LogP contribution in [-0.4, -0.2) is 13.7 Å². The van der Waals surface area contributed by atoms with Crippen LogP contribution in [0.5, 0.6) is 0 Å². The summed E-state index contributed by atoms with van der Waals surface area (Å²) in [4.78, 5) is 0. The fraction of sp³-hybridized carbons (Fsp3) is 0.342. The zero-order valence-corrected chi connectivity index (χ0v) is 50.9. The number of rotatable bonds is 6. The van der Waals surface area contributed by atoms with Crippen LogP contribution in [-0.2, 0) is 19.6 Å². The Kier molecular flexibility index (Phi) is 27.2. The average molecular weight is 1020 g/mol. The van der Waals surface area contributed by atoms with Crippen LogP contribution in [0.2, 0.25) is 0 Å². The molecule has 0 radical (unpaired) electrons. The Morgan fingerprint density at radius 3 is 0.882 bits per heavy atom. The minimum atomic E-state index is 0.523. The van der Waals surface area contributed by atoms with Gasteiger partial charge >= 0.3 is 0 Å². The smallest absolute Gasteiger partial charge is 0.0491 e. The molecule has 3 aromatic heterocycles. The Morgan fingerprint density at radius 2 is 0.539 bits per heavy atom. The summed E-state index contributed by atoms with van der Waals surface area (Å²) in [7, 11) is 0. The summed E-state index contributed by atoms with van der Waals surface area (Å²) in [6.45, 7) is 43.9. The highest BCUT2D eigenvalue weighted by Crippen LogP contribution is 2.48. The second kappa shape index (κ2) is 32.6. The van der Waals surface area contributed by atoms with Gasteiger partial charge in [-0.1, -0.05) is 227 Å². The molecule has 404 valence electrons. The molecular formula is C73H97N3. The van der Waals surface area contributed by atoms with Gasteiger partial charge < -0.3 is 13.7 Å². The Morgan fingerprint density at radius 1 is 0.263 bits per heavy atom. The summed E-state index contributed by atoms with van der Waals surface area (Å²) in [6, 6.07) is 63.0. The molecule has 12 rings (SSSR count). The maximum absolute atomic E-state index is 2.42. The molecule has 1 unspecified atom stereocenters.